The first kappa shape index (κ1) is 15.3. The van der Waals surface area contributed by atoms with Crippen molar-refractivity contribution in [1.82, 2.24) is 9.97 Å². The van der Waals surface area contributed by atoms with E-state index in [-0.39, 0.29) is 5.91 Å². The van der Waals surface area contributed by atoms with Gasteiger partial charge in [-0.2, -0.15) is 0 Å². The largest absolute Gasteiger partial charge is 0.497 e. The van der Waals surface area contributed by atoms with Crippen molar-refractivity contribution in [3.63, 3.8) is 0 Å². The van der Waals surface area contributed by atoms with Gasteiger partial charge in [-0.25, -0.2) is 9.97 Å². The van der Waals surface area contributed by atoms with Crippen molar-refractivity contribution in [3.8, 4) is 5.75 Å². The molecule has 1 aromatic carbocycles. The van der Waals surface area contributed by atoms with Crippen molar-refractivity contribution in [2.45, 2.75) is 19.3 Å². The van der Waals surface area contributed by atoms with Crippen molar-refractivity contribution in [1.29, 1.82) is 0 Å². The Bertz CT molecular complexity index is 684. The fourth-order valence-corrected chi connectivity index (χ4v) is 2.66. The molecule has 23 heavy (non-hydrogen) atoms. The number of hydrogen-bond acceptors (Lipinski definition) is 5. The number of amides is 1. The quantitative estimate of drug-likeness (QED) is 0.940. The smallest absolute Gasteiger partial charge is 0.256 e. The Balaban J connectivity index is 1.73. The van der Waals surface area contributed by atoms with Crippen molar-refractivity contribution in [3.05, 3.63) is 42.2 Å². The van der Waals surface area contributed by atoms with Gasteiger partial charge in [0.2, 0.25) is 0 Å². The lowest BCUT2D eigenvalue weighted by Crippen LogP contribution is -2.30. The van der Waals surface area contributed by atoms with Gasteiger partial charge >= 0.3 is 0 Å². The van der Waals surface area contributed by atoms with Crippen LogP contribution in [0.5, 0.6) is 5.75 Å². The summed E-state index contributed by atoms with van der Waals surface area (Å²) in [7, 11) is 1.58. The first-order valence-corrected chi connectivity index (χ1v) is 7.78. The van der Waals surface area contributed by atoms with E-state index < -0.39 is 0 Å². The number of hydrogen-bond donors (Lipinski definition) is 1. The maximum atomic E-state index is 12.3. The first-order chi connectivity index (χ1) is 11.3. The summed E-state index contributed by atoms with van der Waals surface area (Å²) in [6.07, 6.45) is 5.11. The molecule has 6 nitrogen and oxygen atoms in total. The monoisotopic (exact) mass is 312 g/mol. The molecule has 0 atom stereocenters. The zero-order chi connectivity index (χ0) is 16.1. The van der Waals surface area contributed by atoms with Gasteiger partial charge in [0, 0.05) is 24.7 Å². The molecule has 120 valence electrons. The van der Waals surface area contributed by atoms with E-state index in [9.17, 15) is 4.79 Å². The maximum Gasteiger partial charge on any atom is 0.256 e. The van der Waals surface area contributed by atoms with Crippen LogP contribution in [0.2, 0.25) is 0 Å². The van der Waals surface area contributed by atoms with Crippen molar-refractivity contribution in [2.24, 2.45) is 0 Å². The van der Waals surface area contributed by atoms with Crippen LogP contribution >= 0.6 is 0 Å². The van der Waals surface area contributed by atoms with Gasteiger partial charge in [0.25, 0.3) is 5.91 Å². The lowest BCUT2D eigenvalue weighted by Gasteiger charge is -2.27. The SMILES string of the molecule is COc1cccc(C(=O)Nc2cc(N3CCCCC3)ncn2)c1. The summed E-state index contributed by atoms with van der Waals surface area (Å²) in [5, 5.41) is 2.82. The molecular formula is C17H20N4O2. The Morgan fingerprint density at radius 1 is 1.17 bits per heavy atom. The highest BCUT2D eigenvalue weighted by molar-refractivity contribution is 6.04. The van der Waals surface area contributed by atoms with Crippen LogP contribution in [-0.2, 0) is 0 Å². The molecule has 0 saturated carbocycles. The fraction of sp³-hybridized carbons (Fsp3) is 0.353. The summed E-state index contributed by atoms with van der Waals surface area (Å²) >= 11 is 0. The molecule has 2 aromatic rings. The van der Waals surface area contributed by atoms with Crippen LogP contribution in [0.4, 0.5) is 11.6 Å². The maximum absolute atomic E-state index is 12.3. The van der Waals surface area contributed by atoms with Crippen molar-refractivity contribution in [2.75, 3.05) is 30.4 Å². The van der Waals surface area contributed by atoms with Gasteiger partial charge in [0.1, 0.15) is 23.7 Å². The number of nitrogens with one attached hydrogen (secondary N) is 1. The molecular weight excluding hydrogens is 292 g/mol. The normalized spacial score (nSPS) is 14.4. The third-order valence-corrected chi connectivity index (χ3v) is 3.91. The van der Waals surface area contributed by atoms with Crippen LogP contribution in [0, 0.1) is 0 Å². The van der Waals surface area contributed by atoms with E-state index in [1.165, 1.54) is 25.6 Å². The van der Waals surface area contributed by atoms with Crippen molar-refractivity contribution < 1.29 is 9.53 Å². The number of piperidine rings is 1. The van der Waals surface area contributed by atoms with Crippen LogP contribution in [0.3, 0.4) is 0 Å². The average molecular weight is 312 g/mol. The van der Waals surface area contributed by atoms with E-state index in [1.807, 2.05) is 6.07 Å². The minimum absolute atomic E-state index is 0.216. The number of nitrogens with zero attached hydrogens (tertiary/aromatic N) is 3. The van der Waals surface area contributed by atoms with Crippen LogP contribution < -0.4 is 15.0 Å². The summed E-state index contributed by atoms with van der Waals surface area (Å²) in [5.74, 6) is 1.80. The van der Waals surface area contributed by atoms with E-state index in [1.54, 1.807) is 31.4 Å². The Hall–Kier alpha value is -2.63. The summed E-state index contributed by atoms with van der Waals surface area (Å²) in [6.45, 7) is 2.00. The van der Waals surface area contributed by atoms with Crippen LogP contribution in [-0.4, -0.2) is 36.1 Å². The Labute approximate surface area is 135 Å². The second-order valence-electron chi connectivity index (χ2n) is 5.50. The third-order valence-electron chi connectivity index (χ3n) is 3.91. The molecule has 2 heterocycles. The molecule has 1 N–H and O–H groups in total. The minimum Gasteiger partial charge on any atom is -0.497 e. The standard InChI is InChI=1S/C17H20N4O2/c1-23-14-7-5-6-13(10-14)17(22)20-15-11-16(19-12-18-15)21-8-3-2-4-9-21/h5-7,10-12H,2-4,8-9H2,1H3,(H,18,19,20,22). The van der Waals surface area contributed by atoms with Gasteiger partial charge in [-0.1, -0.05) is 6.07 Å². The molecule has 0 bridgehead atoms. The number of ether oxygens (including phenoxy) is 1. The molecule has 1 aliphatic heterocycles. The topological polar surface area (TPSA) is 67.3 Å². The molecule has 1 fully saturated rings. The first-order valence-electron chi connectivity index (χ1n) is 7.78. The number of carbonyl (C=O) groups excluding carboxylic acids is 1. The summed E-state index contributed by atoms with van der Waals surface area (Å²) < 4.78 is 5.14. The third kappa shape index (κ3) is 3.77. The van der Waals surface area contributed by atoms with Gasteiger partial charge < -0.3 is 15.0 Å². The van der Waals surface area contributed by atoms with E-state index in [0.29, 0.717) is 17.1 Å². The van der Waals surface area contributed by atoms with Crippen LogP contribution in [0.1, 0.15) is 29.6 Å². The molecule has 3 rings (SSSR count). The molecule has 1 aliphatic rings. The molecule has 0 aliphatic carbocycles. The number of methoxy groups -OCH3 is 1. The predicted molar refractivity (Wildman–Crippen MR) is 89.0 cm³/mol. The minimum atomic E-state index is -0.216. The van der Waals surface area contributed by atoms with Gasteiger partial charge in [0.15, 0.2) is 0 Å². The Kier molecular flexibility index (Phi) is 4.71. The van der Waals surface area contributed by atoms with Gasteiger partial charge in [-0.05, 0) is 37.5 Å². The number of aromatic nitrogens is 2. The highest BCUT2D eigenvalue weighted by Gasteiger charge is 2.14. The second-order valence-corrected chi connectivity index (χ2v) is 5.50. The molecule has 1 saturated heterocycles. The van der Waals surface area contributed by atoms with E-state index in [0.717, 1.165) is 18.9 Å². The summed E-state index contributed by atoms with van der Waals surface area (Å²) in [6, 6.07) is 8.85. The molecule has 0 spiro atoms. The number of rotatable bonds is 4. The van der Waals surface area contributed by atoms with E-state index in [2.05, 4.69) is 20.2 Å². The van der Waals surface area contributed by atoms with Gasteiger partial charge in [0.05, 0.1) is 7.11 Å². The molecule has 0 radical (unpaired) electrons. The number of benzene rings is 1. The molecule has 1 aromatic heterocycles. The van der Waals surface area contributed by atoms with Crippen molar-refractivity contribution >= 4 is 17.5 Å². The summed E-state index contributed by atoms with van der Waals surface area (Å²) in [4.78, 5) is 23.0. The Morgan fingerprint density at radius 3 is 2.78 bits per heavy atom. The number of carbonyl (C=O) groups is 1. The molecule has 1 amide bonds. The molecule has 6 heteroatoms. The second kappa shape index (κ2) is 7.09. The van der Waals surface area contributed by atoms with Crippen LogP contribution in [0.15, 0.2) is 36.7 Å². The van der Waals surface area contributed by atoms with Gasteiger partial charge in [-0.15, -0.1) is 0 Å². The lowest BCUT2D eigenvalue weighted by molar-refractivity contribution is 0.102. The number of anilines is 2. The van der Waals surface area contributed by atoms with E-state index in [4.69, 9.17) is 4.74 Å². The average Bonchev–Trinajstić information content (AvgIpc) is 2.63. The highest BCUT2D eigenvalue weighted by atomic mass is 16.5. The highest BCUT2D eigenvalue weighted by Crippen LogP contribution is 2.20. The predicted octanol–water partition coefficient (Wildman–Crippen LogP) is 2.73. The molecule has 0 unspecified atom stereocenters. The zero-order valence-corrected chi connectivity index (χ0v) is 13.2. The fourth-order valence-electron chi connectivity index (χ4n) is 2.66. The van der Waals surface area contributed by atoms with E-state index >= 15 is 0 Å². The lowest BCUT2D eigenvalue weighted by atomic mass is 10.1. The summed E-state index contributed by atoms with van der Waals surface area (Å²) in [5.41, 5.74) is 0.530. The van der Waals surface area contributed by atoms with Crippen LogP contribution in [0.25, 0.3) is 0 Å². The Morgan fingerprint density at radius 2 is 2.00 bits per heavy atom. The van der Waals surface area contributed by atoms with Gasteiger partial charge in [-0.3, -0.25) is 4.79 Å². The zero-order valence-electron chi connectivity index (χ0n) is 13.2.